The molecule has 0 radical (unpaired) electrons. The Labute approximate surface area is 120 Å². The maximum atomic E-state index is 12.1. The molecule has 0 amide bonds. The summed E-state index contributed by atoms with van der Waals surface area (Å²) < 4.78 is 25.4. The summed E-state index contributed by atoms with van der Waals surface area (Å²) in [5.41, 5.74) is 0.318. The average molecular weight is 298 g/mol. The number of likely N-dealkylation sites (tertiary alicyclic amines) is 1. The van der Waals surface area contributed by atoms with Crippen LogP contribution in [0.1, 0.15) is 18.9 Å². The fourth-order valence-electron chi connectivity index (χ4n) is 2.45. The Morgan fingerprint density at radius 2 is 2.10 bits per heavy atom. The predicted molar refractivity (Wildman–Crippen MR) is 77.8 cm³/mol. The van der Waals surface area contributed by atoms with Crippen molar-refractivity contribution in [1.82, 2.24) is 9.21 Å². The first-order chi connectivity index (χ1) is 9.21. The minimum atomic E-state index is -3.39. The number of nitrogens with zero attached hydrogens (tertiary/aromatic N) is 2. The Morgan fingerprint density at radius 1 is 1.40 bits per heavy atom. The zero-order valence-corrected chi connectivity index (χ0v) is 13.0. The Morgan fingerprint density at radius 3 is 2.65 bits per heavy atom. The monoisotopic (exact) mass is 298 g/mol. The molecule has 5 nitrogen and oxygen atoms in total. The fraction of sp³-hybridized carbons (Fsp3) is 0.571. The zero-order valence-electron chi connectivity index (χ0n) is 12.2. The molecule has 1 aromatic rings. The second kappa shape index (κ2) is 5.44. The molecule has 0 saturated carbocycles. The molecule has 0 bridgehead atoms. The van der Waals surface area contributed by atoms with E-state index in [2.05, 4.69) is 4.90 Å². The summed E-state index contributed by atoms with van der Waals surface area (Å²) in [6, 6.07) is 7.00. The number of hydrogen-bond acceptors (Lipinski definition) is 4. The van der Waals surface area contributed by atoms with E-state index >= 15 is 0 Å². The first-order valence-corrected chi connectivity index (χ1v) is 8.11. The van der Waals surface area contributed by atoms with Crippen molar-refractivity contribution in [3.8, 4) is 0 Å². The van der Waals surface area contributed by atoms with Crippen LogP contribution < -0.4 is 0 Å². The fourth-order valence-corrected chi connectivity index (χ4v) is 3.42. The van der Waals surface area contributed by atoms with E-state index < -0.39 is 15.6 Å². The molecule has 0 aliphatic carbocycles. The summed E-state index contributed by atoms with van der Waals surface area (Å²) in [5.74, 6) is 0. The van der Waals surface area contributed by atoms with Crippen LogP contribution >= 0.6 is 0 Å². The van der Waals surface area contributed by atoms with Gasteiger partial charge >= 0.3 is 0 Å². The summed E-state index contributed by atoms with van der Waals surface area (Å²) in [6.07, 6.45) is 0.753. The SMILES string of the molecule is CN(C)S(=O)(=O)c1cccc(CN2CCC(C)(O)C2)c1. The van der Waals surface area contributed by atoms with Crippen molar-refractivity contribution >= 4 is 10.0 Å². The van der Waals surface area contributed by atoms with Crippen LogP contribution in [-0.4, -0.2) is 55.5 Å². The van der Waals surface area contributed by atoms with Gasteiger partial charge in [0.1, 0.15) is 0 Å². The average Bonchev–Trinajstić information content (AvgIpc) is 2.68. The summed E-state index contributed by atoms with van der Waals surface area (Å²) >= 11 is 0. The van der Waals surface area contributed by atoms with E-state index in [1.165, 1.54) is 18.4 Å². The van der Waals surface area contributed by atoms with E-state index in [4.69, 9.17) is 0 Å². The van der Waals surface area contributed by atoms with E-state index in [0.717, 1.165) is 18.5 Å². The lowest BCUT2D eigenvalue weighted by Crippen LogP contribution is -2.29. The number of aliphatic hydroxyl groups is 1. The van der Waals surface area contributed by atoms with Crippen LogP contribution in [0, 0.1) is 0 Å². The van der Waals surface area contributed by atoms with Gasteiger partial charge in [-0.3, -0.25) is 4.90 Å². The minimum Gasteiger partial charge on any atom is -0.389 e. The Balaban J connectivity index is 2.15. The van der Waals surface area contributed by atoms with E-state index in [-0.39, 0.29) is 0 Å². The number of rotatable bonds is 4. The van der Waals surface area contributed by atoms with Gasteiger partial charge in [-0.05, 0) is 31.0 Å². The van der Waals surface area contributed by atoms with Crippen molar-refractivity contribution in [3.05, 3.63) is 29.8 Å². The van der Waals surface area contributed by atoms with Crippen molar-refractivity contribution in [2.45, 2.75) is 30.4 Å². The second-order valence-electron chi connectivity index (χ2n) is 5.89. The third-order valence-corrected chi connectivity index (χ3v) is 5.43. The van der Waals surface area contributed by atoms with Crippen LogP contribution in [0.25, 0.3) is 0 Å². The summed E-state index contributed by atoms with van der Waals surface area (Å²) in [6.45, 7) is 3.95. The molecular formula is C14H22N2O3S. The quantitative estimate of drug-likeness (QED) is 0.897. The van der Waals surface area contributed by atoms with Gasteiger partial charge in [0.05, 0.1) is 10.5 Å². The minimum absolute atomic E-state index is 0.311. The Hall–Kier alpha value is -0.950. The van der Waals surface area contributed by atoms with Gasteiger partial charge in [-0.2, -0.15) is 0 Å². The highest BCUT2D eigenvalue weighted by Crippen LogP contribution is 2.23. The van der Waals surface area contributed by atoms with Crippen LogP contribution in [-0.2, 0) is 16.6 Å². The largest absolute Gasteiger partial charge is 0.389 e. The molecule has 2 rings (SSSR count). The maximum Gasteiger partial charge on any atom is 0.242 e. The highest BCUT2D eigenvalue weighted by Gasteiger charge is 2.31. The van der Waals surface area contributed by atoms with Crippen molar-refractivity contribution in [1.29, 1.82) is 0 Å². The van der Waals surface area contributed by atoms with E-state index in [9.17, 15) is 13.5 Å². The third-order valence-electron chi connectivity index (χ3n) is 3.61. The topological polar surface area (TPSA) is 60.9 Å². The molecule has 1 N–H and O–H groups in total. The molecule has 1 saturated heterocycles. The predicted octanol–water partition coefficient (Wildman–Crippen LogP) is 0.894. The highest BCUT2D eigenvalue weighted by atomic mass is 32.2. The number of β-amino-alcohol motifs (C(OH)–C–C–N with tert-alkyl or cyclic N) is 1. The molecule has 112 valence electrons. The second-order valence-corrected chi connectivity index (χ2v) is 8.04. The van der Waals surface area contributed by atoms with Crippen LogP contribution in [0.3, 0.4) is 0 Å². The van der Waals surface area contributed by atoms with Crippen molar-refractivity contribution in [3.63, 3.8) is 0 Å². The molecule has 0 spiro atoms. The van der Waals surface area contributed by atoms with Gasteiger partial charge in [-0.15, -0.1) is 0 Å². The van der Waals surface area contributed by atoms with E-state index in [0.29, 0.717) is 18.0 Å². The summed E-state index contributed by atoms with van der Waals surface area (Å²) in [5, 5.41) is 9.96. The van der Waals surface area contributed by atoms with Crippen LogP contribution in [0.5, 0.6) is 0 Å². The molecule has 1 aromatic carbocycles. The van der Waals surface area contributed by atoms with Gasteiger partial charge in [0, 0.05) is 33.7 Å². The lowest BCUT2D eigenvalue weighted by atomic mass is 10.1. The number of hydrogen-bond donors (Lipinski definition) is 1. The maximum absolute atomic E-state index is 12.1. The number of sulfonamides is 1. The molecular weight excluding hydrogens is 276 g/mol. The van der Waals surface area contributed by atoms with Crippen LogP contribution in [0.15, 0.2) is 29.2 Å². The highest BCUT2D eigenvalue weighted by molar-refractivity contribution is 7.89. The van der Waals surface area contributed by atoms with Crippen molar-refractivity contribution in [2.75, 3.05) is 27.2 Å². The smallest absolute Gasteiger partial charge is 0.242 e. The van der Waals surface area contributed by atoms with Gasteiger partial charge in [0.25, 0.3) is 0 Å². The van der Waals surface area contributed by atoms with Crippen LogP contribution in [0.4, 0.5) is 0 Å². The van der Waals surface area contributed by atoms with Crippen molar-refractivity contribution in [2.24, 2.45) is 0 Å². The van der Waals surface area contributed by atoms with Gasteiger partial charge in [0.2, 0.25) is 10.0 Å². The van der Waals surface area contributed by atoms with Crippen molar-refractivity contribution < 1.29 is 13.5 Å². The van der Waals surface area contributed by atoms with E-state index in [1.807, 2.05) is 13.0 Å². The van der Waals surface area contributed by atoms with Gasteiger partial charge in [0.15, 0.2) is 0 Å². The lowest BCUT2D eigenvalue weighted by molar-refractivity contribution is 0.0679. The molecule has 1 aliphatic rings. The van der Waals surface area contributed by atoms with Gasteiger partial charge in [-0.1, -0.05) is 12.1 Å². The molecule has 20 heavy (non-hydrogen) atoms. The van der Waals surface area contributed by atoms with Crippen LogP contribution in [0.2, 0.25) is 0 Å². The van der Waals surface area contributed by atoms with Gasteiger partial charge in [-0.25, -0.2) is 12.7 Å². The lowest BCUT2D eigenvalue weighted by Gasteiger charge is -2.19. The first kappa shape index (κ1) is 15.4. The number of benzene rings is 1. The zero-order chi connectivity index (χ0) is 15.0. The summed E-state index contributed by atoms with van der Waals surface area (Å²) in [4.78, 5) is 2.45. The first-order valence-electron chi connectivity index (χ1n) is 6.67. The molecule has 1 fully saturated rings. The third kappa shape index (κ3) is 3.38. The standard InChI is InChI=1S/C14H22N2O3S/c1-14(17)7-8-16(11-14)10-12-5-4-6-13(9-12)20(18,19)15(2)3/h4-6,9,17H,7-8,10-11H2,1-3H3. The molecule has 0 aromatic heterocycles. The van der Waals surface area contributed by atoms with Gasteiger partial charge < -0.3 is 5.11 Å². The van der Waals surface area contributed by atoms with E-state index in [1.54, 1.807) is 18.2 Å². The molecule has 1 atom stereocenters. The normalized spacial score (nSPS) is 24.4. The molecule has 1 unspecified atom stereocenters. The molecule has 1 heterocycles. The Bertz CT molecular complexity index is 582. The Kier molecular flexibility index (Phi) is 4.20. The summed E-state index contributed by atoms with van der Waals surface area (Å²) in [7, 11) is -0.336. The molecule has 1 aliphatic heterocycles. The molecule has 6 heteroatoms.